The molecular formula is C127H90N8. The van der Waals surface area contributed by atoms with Crippen molar-refractivity contribution in [2.75, 3.05) is 0 Å². The molecular weight excluding hydrogens is 1640 g/mol. The minimum absolute atomic E-state index is 0.120. The van der Waals surface area contributed by atoms with Crippen LogP contribution in [0.15, 0.2) is 474 Å². The highest BCUT2D eigenvalue weighted by molar-refractivity contribution is 6.07. The maximum Gasteiger partial charge on any atom is 0.160 e. The molecule has 0 bridgehead atoms. The van der Waals surface area contributed by atoms with Crippen LogP contribution in [0.3, 0.4) is 0 Å². The van der Waals surface area contributed by atoms with Gasteiger partial charge in [-0.25, -0.2) is 29.9 Å². The van der Waals surface area contributed by atoms with E-state index >= 15 is 0 Å². The summed E-state index contributed by atoms with van der Waals surface area (Å²) in [4.78, 5) is 39.6. The predicted molar refractivity (Wildman–Crippen MR) is 554 cm³/mol. The normalized spacial score (nSPS) is 12.9. The van der Waals surface area contributed by atoms with Crippen molar-refractivity contribution in [3.8, 4) is 168 Å². The molecule has 0 unspecified atom stereocenters. The lowest BCUT2D eigenvalue weighted by molar-refractivity contribution is 0.661. The average molecular weight is 1730 g/mol. The summed E-state index contributed by atoms with van der Waals surface area (Å²) in [6, 6.07) is 159. The number of hydrogen-bond donors (Lipinski definition) is 0. The van der Waals surface area contributed by atoms with Crippen LogP contribution in [0.5, 0.6) is 0 Å². The van der Waals surface area contributed by atoms with Gasteiger partial charge in [-0.15, -0.1) is 0 Å². The van der Waals surface area contributed by atoms with Gasteiger partial charge in [-0.05, 0) is 163 Å². The molecule has 0 N–H and O–H groups in total. The minimum atomic E-state index is -0.481. The van der Waals surface area contributed by atoms with Crippen molar-refractivity contribution in [1.82, 2.24) is 39.9 Å². The standard InChI is InChI=1S/C46H31N3.C41H30N2.C40H29N3/c1-4-14-34(15-5-1)45-48-42(33-27-25-32(26-28-33)35-16-13-29-47-31-35)30-43(49-45)39-22-12-24-41-44(39)38-21-10-11-23-40(38)46(41,36-17-6-2-7-18-36)37-19-8-3-9-20-37;1-41(2)35-19-11-18-33(38(35)34-25-24-29-14-9-10-17-32(29)39(34)41)37-26-36(42-40(43-37)31-15-7-4-8-16-31)30-22-20-28(21-23-30)27-12-5-3-6-13-27;1-40(2)33-16-8-15-32(38(33)37-31-14-7-6-10-27(31)21-22-34(37)40)36-24-35(42-39(43-36)29-11-4-3-5-12-29)28-19-17-26(18-20-28)30-13-9-23-41-25-30/h1-31H;3-26H,1-2H3;3-25H,1-2H3. The second-order valence-electron chi connectivity index (χ2n) is 35.9. The Balaban J connectivity index is 0.000000114. The highest BCUT2D eigenvalue weighted by Gasteiger charge is 2.48. The summed E-state index contributed by atoms with van der Waals surface area (Å²) < 4.78 is 0. The van der Waals surface area contributed by atoms with E-state index in [0.717, 1.165) is 118 Å². The molecule has 3 aliphatic rings. The van der Waals surface area contributed by atoms with Gasteiger partial charge in [0, 0.05) is 85.7 Å². The summed E-state index contributed by atoms with van der Waals surface area (Å²) in [5, 5.41) is 5.13. The van der Waals surface area contributed by atoms with Crippen LogP contribution < -0.4 is 0 Å². The molecule has 22 aromatic rings. The van der Waals surface area contributed by atoms with E-state index < -0.39 is 5.41 Å². The number of benzene rings is 17. The summed E-state index contributed by atoms with van der Waals surface area (Å²) in [6.45, 7) is 9.37. The summed E-state index contributed by atoms with van der Waals surface area (Å²) in [6.07, 6.45) is 7.39. The minimum Gasteiger partial charge on any atom is -0.264 e. The number of pyridine rings is 2. The van der Waals surface area contributed by atoms with Gasteiger partial charge >= 0.3 is 0 Å². The molecule has 5 aromatic heterocycles. The van der Waals surface area contributed by atoms with Crippen LogP contribution in [0, 0.1) is 0 Å². The molecule has 5 heterocycles. The van der Waals surface area contributed by atoms with Gasteiger partial charge < -0.3 is 0 Å². The highest BCUT2D eigenvalue weighted by atomic mass is 14.9. The predicted octanol–water partition coefficient (Wildman–Crippen LogP) is 31.5. The lowest BCUT2D eigenvalue weighted by Gasteiger charge is -2.33. The van der Waals surface area contributed by atoms with Crippen molar-refractivity contribution in [3.63, 3.8) is 0 Å². The third kappa shape index (κ3) is 14.9. The molecule has 8 nitrogen and oxygen atoms in total. The molecule has 0 radical (unpaired) electrons. The van der Waals surface area contributed by atoms with Gasteiger partial charge in [0.1, 0.15) is 0 Å². The molecule has 3 aliphatic carbocycles. The molecule has 0 saturated carbocycles. The van der Waals surface area contributed by atoms with Gasteiger partial charge in [0.25, 0.3) is 0 Å². The van der Waals surface area contributed by atoms with Crippen molar-refractivity contribution in [2.45, 2.75) is 43.9 Å². The van der Waals surface area contributed by atoms with E-state index in [1.165, 1.54) is 111 Å². The Morgan fingerprint density at radius 1 is 0.185 bits per heavy atom. The third-order valence-corrected chi connectivity index (χ3v) is 27.4. The number of hydrogen-bond acceptors (Lipinski definition) is 8. The van der Waals surface area contributed by atoms with Crippen molar-refractivity contribution in [3.05, 3.63) is 518 Å². The summed E-state index contributed by atoms with van der Waals surface area (Å²) >= 11 is 0. The summed E-state index contributed by atoms with van der Waals surface area (Å²) in [5.41, 5.74) is 39.0. The molecule has 0 fully saturated rings. The Bertz CT molecular complexity index is 8160. The first-order valence-electron chi connectivity index (χ1n) is 46.1. The van der Waals surface area contributed by atoms with Crippen LogP contribution in [-0.4, -0.2) is 39.9 Å². The summed E-state index contributed by atoms with van der Waals surface area (Å²) in [5.74, 6) is 2.15. The molecule has 0 atom stereocenters. The Hall–Kier alpha value is -17.2. The van der Waals surface area contributed by atoms with Crippen LogP contribution in [0.2, 0.25) is 0 Å². The van der Waals surface area contributed by atoms with E-state index in [0.29, 0.717) is 5.82 Å². The zero-order valence-corrected chi connectivity index (χ0v) is 75.1. The Morgan fingerprint density at radius 3 is 0.963 bits per heavy atom. The first-order chi connectivity index (χ1) is 66.5. The SMILES string of the molecule is CC1(C)c2cccc(-c3cc(-c4ccc(-c5ccccc5)cc4)nc(-c4ccccc4)n3)c2-c2ccc3ccccc3c21.CC1(C)c2cccc(-c3cc(-c4ccc(-c5cccnc5)cc4)nc(-c4ccccc4)n3)c2-c2c1ccc1ccccc21.c1ccc(-c2nc(-c3ccc(-c4cccnc4)cc3)cc(-c3cccc4c3-c3ccccc3C4(c3ccccc3)c3ccccc3)n2)cc1. The van der Waals surface area contributed by atoms with E-state index in [1.807, 2.05) is 85.2 Å². The second-order valence-corrected chi connectivity index (χ2v) is 35.9. The second kappa shape index (κ2) is 34.6. The maximum absolute atomic E-state index is 5.29. The highest BCUT2D eigenvalue weighted by Crippen LogP contribution is 2.60. The first kappa shape index (κ1) is 82.2. The van der Waals surface area contributed by atoms with Crippen LogP contribution in [0.4, 0.5) is 0 Å². The number of nitrogens with zero attached hydrogens (tertiary/aromatic N) is 8. The monoisotopic (exact) mass is 1730 g/mol. The Kier molecular flexibility index (Phi) is 21.1. The Labute approximate surface area is 786 Å². The van der Waals surface area contributed by atoms with Gasteiger partial charge in [0.05, 0.1) is 39.6 Å². The summed E-state index contributed by atoms with van der Waals surface area (Å²) in [7, 11) is 0. The number of aromatic nitrogens is 8. The molecule has 25 rings (SSSR count). The topological polar surface area (TPSA) is 103 Å². The van der Waals surface area contributed by atoms with Gasteiger partial charge in [-0.1, -0.05) is 446 Å². The molecule has 0 spiro atoms. The zero-order valence-electron chi connectivity index (χ0n) is 75.1. The Morgan fingerprint density at radius 2 is 0.504 bits per heavy atom. The fourth-order valence-corrected chi connectivity index (χ4v) is 20.9. The van der Waals surface area contributed by atoms with Gasteiger partial charge in [-0.3, -0.25) is 9.97 Å². The van der Waals surface area contributed by atoms with Crippen LogP contribution in [0.25, 0.3) is 190 Å². The maximum atomic E-state index is 5.29. The smallest absolute Gasteiger partial charge is 0.160 e. The van der Waals surface area contributed by atoms with E-state index in [1.54, 1.807) is 12.4 Å². The number of fused-ring (bicyclic) bond motifs is 13. The van der Waals surface area contributed by atoms with E-state index in [2.05, 4.69) is 414 Å². The molecule has 0 amide bonds. The molecule has 638 valence electrons. The van der Waals surface area contributed by atoms with Gasteiger partial charge in [0.15, 0.2) is 17.5 Å². The number of rotatable bonds is 14. The molecule has 8 heteroatoms. The van der Waals surface area contributed by atoms with E-state index in [-0.39, 0.29) is 10.8 Å². The van der Waals surface area contributed by atoms with E-state index in [4.69, 9.17) is 29.9 Å². The first-order valence-corrected chi connectivity index (χ1v) is 46.1. The average Bonchev–Trinajstić information content (AvgIpc) is 1.53. The van der Waals surface area contributed by atoms with Gasteiger partial charge in [-0.2, -0.15) is 0 Å². The van der Waals surface area contributed by atoms with Crippen LogP contribution in [0.1, 0.15) is 72.2 Å². The molecule has 17 aromatic carbocycles. The zero-order chi connectivity index (χ0) is 90.6. The molecule has 0 aliphatic heterocycles. The lowest BCUT2D eigenvalue weighted by Crippen LogP contribution is -2.28. The fraction of sp³-hybridized carbons (Fsp3) is 0.0551. The molecule has 0 saturated heterocycles. The van der Waals surface area contributed by atoms with Crippen LogP contribution in [-0.2, 0) is 16.2 Å². The largest absolute Gasteiger partial charge is 0.264 e. The fourth-order valence-electron chi connectivity index (χ4n) is 20.9. The van der Waals surface area contributed by atoms with Crippen molar-refractivity contribution >= 4 is 21.5 Å². The third-order valence-electron chi connectivity index (χ3n) is 27.4. The van der Waals surface area contributed by atoms with Crippen molar-refractivity contribution in [1.29, 1.82) is 0 Å². The van der Waals surface area contributed by atoms with Crippen LogP contribution >= 0.6 is 0 Å². The quantitative estimate of drug-likeness (QED) is 0.106. The van der Waals surface area contributed by atoms with E-state index in [9.17, 15) is 0 Å². The lowest BCUT2D eigenvalue weighted by atomic mass is 9.67. The molecule has 135 heavy (non-hydrogen) atoms. The van der Waals surface area contributed by atoms with Crippen molar-refractivity contribution in [2.24, 2.45) is 0 Å². The van der Waals surface area contributed by atoms with Gasteiger partial charge in [0.2, 0.25) is 0 Å². The van der Waals surface area contributed by atoms with Crippen molar-refractivity contribution < 1.29 is 0 Å².